The Kier molecular flexibility index (Phi) is 2.96. The highest BCUT2D eigenvalue weighted by atomic mass is 16.3. The lowest BCUT2D eigenvalue weighted by Gasteiger charge is -2.50. The molecule has 112 valence electrons. The molecule has 1 heteroatoms. The fourth-order valence-electron chi connectivity index (χ4n) is 5.77. The Labute approximate surface area is 128 Å². The van der Waals surface area contributed by atoms with E-state index in [9.17, 15) is 5.11 Å². The van der Waals surface area contributed by atoms with Gasteiger partial charge in [-0.05, 0) is 85.0 Å². The van der Waals surface area contributed by atoms with Gasteiger partial charge in [0, 0.05) is 0 Å². The number of phenolic OH excluding ortho intramolecular Hbond substituents is 1. The van der Waals surface area contributed by atoms with Crippen LogP contribution in [0.2, 0.25) is 0 Å². The molecule has 1 aromatic rings. The molecule has 0 aliphatic heterocycles. The van der Waals surface area contributed by atoms with Crippen LogP contribution in [0.5, 0.6) is 5.75 Å². The minimum absolute atomic E-state index is 0.434. The van der Waals surface area contributed by atoms with Gasteiger partial charge in [0.05, 0.1) is 0 Å². The molecule has 1 aromatic carbocycles. The minimum atomic E-state index is 0.434. The second kappa shape index (κ2) is 4.63. The standard InChI is InChI=1S/C20H26O/c1-3-14-5-9-19-18-7-4-13-12-15(21)6-8-16(13)17(18)10-11-20(14,19)2/h5-6,8,12,17-19,21H,3-4,7,9-11H2,1-2H3/t17?,18?,19?,20-/m1/s1. The molecular formula is C20H26O. The molecule has 4 atom stereocenters. The van der Waals surface area contributed by atoms with E-state index in [0.717, 1.165) is 24.2 Å². The first-order chi connectivity index (χ1) is 10.1. The highest BCUT2D eigenvalue weighted by molar-refractivity contribution is 5.41. The molecule has 3 aliphatic carbocycles. The number of fused-ring (bicyclic) bond motifs is 5. The molecule has 1 saturated carbocycles. The molecule has 4 rings (SSSR count). The lowest BCUT2D eigenvalue weighted by molar-refractivity contribution is 0.0735. The predicted molar refractivity (Wildman–Crippen MR) is 86.5 cm³/mol. The van der Waals surface area contributed by atoms with E-state index in [1.54, 1.807) is 5.57 Å². The number of aromatic hydroxyl groups is 1. The zero-order valence-corrected chi connectivity index (χ0v) is 13.2. The predicted octanol–water partition coefficient (Wildman–Crippen LogP) is 5.19. The van der Waals surface area contributed by atoms with Crippen LogP contribution in [0.25, 0.3) is 0 Å². The smallest absolute Gasteiger partial charge is 0.115 e. The van der Waals surface area contributed by atoms with Crippen molar-refractivity contribution < 1.29 is 5.11 Å². The molecule has 3 unspecified atom stereocenters. The van der Waals surface area contributed by atoms with Gasteiger partial charge < -0.3 is 5.11 Å². The van der Waals surface area contributed by atoms with Gasteiger partial charge in [-0.3, -0.25) is 0 Å². The number of hydrogen-bond acceptors (Lipinski definition) is 1. The van der Waals surface area contributed by atoms with Crippen molar-refractivity contribution in [2.45, 2.75) is 58.3 Å². The molecule has 0 bridgehead atoms. The Morgan fingerprint density at radius 2 is 2.14 bits per heavy atom. The van der Waals surface area contributed by atoms with Crippen LogP contribution >= 0.6 is 0 Å². The highest BCUT2D eigenvalue weighted by Crippen LogP contribution is 2.61. The number of allylic oxidation sites excluding steroid dienone is 2. The number of benzene rings is 1. The first-order valence-corrected chi connectivity index (χ1v) is 8.65. The molecule has 21 heavy (non-hydrogen) atoms. The average molecular weight is 282 g/mol. The number of hydrogen-bond donors (Lipinski definition) is 1. The van der Waals surface area contributed by atoms with E-state index in [-0.39, 0.29) is 0 Å². The third-order valence-corrected chi connectivity index (χ3v) is 6.83. The zero-order chi connectivity index (χ0) is 14.6. The van der Waals surface area contributed by atoms with Crippen molar-refractivity contribution in [3.63, 3.8) is 0 Å². The van der Waals surface area contributed by atoms with Crippen molar-refractivity contribution in [1.82, 2.24) is 0 Å². The van der Waals surface area contributed by atoms with Crippen LogP contribution in [0.1, 0.15) is 63.0 Å². The van der Waals surface area contributed by atoms with Crippen LogP contribution in [0.15, 0.2) is 29.8 Å². The lowest BCUT2D eigenvalue weighted by Crippen LogP contribution is -2.41. The van der Waals surface area contributed by atoms with Gasteiger partial charge in [0.15, 0.2) is 0 Å². The average Bonchev–Trinajstić information content (AvgIpc) is 2.83. The van der Waals surface area contributed by atoms with Crippen molar-refractivity contribution in [2.24, 2.45) is 17.3 Å². The Balaban J connectivity index is 1.69. The fourth-order valence-corrected chi connectivity index (χ4v) is 5.77. The van der Waals surface area contributed by atoms with Gasteiger partial charge >= 0.3 is 0 Å². The van der Waals surface area contributed by atoms with E-state index in [4.69, 9.17) is 0 Å². The summed E-state index contributed by atoms with van der Waals surface area (Å²) in [5.41, 5.74) is 5.14. The van der Waals surface area contributed by atoms with Gasteiger partial charge in [0.1, 0.15) is 5.75 Å². The van der Waals surface area contributed by atoms with Crippen LogP contribution in [0.4, 0.5) is 0 Å². The Bertz CT molecular complexity index is 600. The van der Waals surface area contributed by atoms with Crippen molar-refractivity contribution in [2.75, 3.05) is 0 Å². The van der Waals surface area contributed by atoms with Crippen molar-refractivity contribution in [3.8, 4) is 5.75 Å². The van der Waals surface area contributed by atoms with E-state index in [2.05, 4.69) is 26.0 Å². The van der Waals surface area contributed by atoms with E-state index in [0.29, 0.717) is 11.2 Å². The largest absolute Gasteiger partial charge is 0.508 e. The number of rotatable bonds is 1. The van der Waals surface area contributed by atoms with Crippen molar-refractivity contribution in [1.29, 1.82) is 0 Å². The van der Waals surface area contributed by atoms with Gasteiger partial charge in [0.25, 0.3) is 0 Å². The topological polar surface area (TPSA) is 20.2 Å². The fraction of sp³-hybridized carbons (Fsp3) is 0.600. The van der Waals surface area contributed by atoms with Crippen LogP contribution in [-0.4, -0.2) is 5.11 Å². The molecule has 0 heterocycles. The molecule has 1 fully saturated rings. The molecule has 0 amide bonds. The third-order valence-electron chi connectivity index (χ3n) is 6.83. The van der Waals surface area contributed by atoms with Crippen LogP contribution < -0.4 is 0 Å². The van der Waals surface area contributed by atoms with Gasteiger partial charge in [-0.1, -0.05) is 31.6 Å². The monoisotopic (exact) mass is 282 g/mol. The lowest BCUT2D eigenvalue weighted by atomic mass is 9.54. The van der Waals surface area contributed by atoms with E-state index < -0.39 is 0 Å². The van der Waals surface area contributed by atoms with Gasteiger partial charge in [-0.25, -0.2) is 0 Å². The summed E-state index contributed by atoms with van der Waals surface area (Å²) in [6, 6.07) is 6.09. The van der Waals surface area contributed by atoms with Gasteiger partial charge in [-0.2, -0.15) is 0 Å². The maximum absolute atomic E-state index is 9.73. The molecule has 0 spiro atoms. The molecular weight excluding hydrogens is 256 g/mol. The van der Waals surface area contributed by atoms with E-state index in [1.807, 2.05) is 12.1 Å². The second-order valence-corrected chi connectivity index (χ2v) is 7.57. The quantitative estimate of drug-likeness (QED) is 0.702. The maximum Gasteiger partial charge on any atom is 0.115 e. The zero-order valence-electron chi connectivity index (χ0n) is 13.2. The molecule has 0 radical (unpaired) electrons. The molecule has 1 nitrogen and oxygen atoms in total. The van der Waals surface area contributed by atoms with Crippen LogP contribution in [0.3, 0.4) is 0 Å². The normalized spacial score (nSPS) is 37.4. The van der Waals surface area contributed by atoms with Crippen LogP contribution in [-0.2, 0) is 6.42 Å². The Morgan fingerprint density at radius 3 is 2.95 bits per heavy atom. The summed E-state index contributed by atoms with van der Waals surface area (Å²) in [6.45, 7) is 4.85. The Morgan fingerprint density at radius 1 is 1.29 bits per heavy atom. The first-order valence-electron chi connectivity index (χ1n) is 8.65. The summed E-state index contributed by atoms with van der Waals surface area (Å²) in [4.78, 5) is 0. The molecule has 1 N–H and O–H groups in total. The minimum Gasteiger partial charge on any atom is -0.508 e. The summed E-state index contributed by atoms with van der Waals surface area (Å²) in [7, 11) is 0. The van der Waals surface area contributed by atoms with Gasteiger partial charge in [-0.15, -0.1) is 0 Å². The van der Waals surface area contributed by atoms with Crippen molar-refractivity contribution in [3.05, 3.63) is 41.0 Å². The maximum atomic E-state index is 9.73. The summed E-state index contributed by atoms with van der Waals surface area (Å²) >= 11 is 0. The molecule has 0 saturated heterocycles. The van der Waals surface area contributed by atoms with E-state index >= 15 is 0 Å². The SMILES string of the molecule is CCC1=CCC2C3CCc4cc(O)ccc4C3CC[C@]12C. The summed E-state index contributed by atoms with van der Waals surface area (Å²) < 4.78 is 0. The van der Waals surface area contributed by atoms with Gasteiger partial charge in [0.2, 0.25) is 0 Å². The van der Waals surface area contributed by atoms with Crippen LogP contribution in [0, 0.1) is 17.3 Å². The molecule has 3 aliphatic rings. The Hall–Kier alpha value is -1.24. The van der Waals surface area contributed by atoms with Crippen molar-refractivity contribution >= 4 is 0 Å². The molecule has 0 aromatic heterocycles. The summed E-state index contributed by atoms with van der Waals surface area (Å²) in [5, 5.41) is 9.73. The first kappa shape index (κ1) is 13.4. The highest BCUT2D eigenvalue weighted by Gasteiger charge is 2.50. The summed E-state index contributed by atoms with van der Waals surface area (Å²) in [6.07, 6.45) is 10.2. The summed E-state index contributed by atoms with van der Waals surface area (Å²) in [5.74, 6) is 2.87. The second-order valence-electron chi connectivity index (χ2n) is 7.57. The van der Waals surface area contributed by atoms with E-state index in [1.165, 1.54) is 43.2 Å². The third kappa shape index (κ3) is 1.82. The number of aryl methyl sites for hydroxylation is 1. The number of phenols is 1.